The standard InChI is InChI=1S/C36H44N6O4S/c1-5-9-35-38-32-21-28(22-41-18-16-37-17-19-41)13-15-33(32)42(35)23-27-12-14-30(29(20-27)24-45-6-2)31-10-7-8-11-34(31)47(43,44)40-36-25(3)26(4)46-39-36/h7-8,10-15,20-21,37H,5-6,9,16-19,22-24H2,1-4H3,(H,39,40). The zero-order valence-corrected chi connectivity index (χ0v) is 28.5. The zero-order valence-electron chi connectivity index (χ0n) is 27.7. The summed E-state index contributed by atoms with van der Waals surface area (Å²) in [5.41, 5.74) is 7.49. The number of sulfonamides is 1. The zero-order chi connectivity index (χ0) is 33.0. The lowest BCUT2D eigenvalue weighted by molar-refractivity contribution is 0.134. The van der Waals surface area contributed by atoms with Crippen LogP contribution in [-0.4, -0.2) is 60.8 Å². The molecule has 3 heterocycles. The first-order valence-corrected chi connectivity index (χ1v) is 17.9. The highest BCUT2D eigenvalue weighted by Crippen LogP contribution is 2.33. The van der Waals surface area contributed by atoms with Crippen molar-refractivity contribution in [2.24, 2.45) is 0 Å². The second kappa shape index (κ2) is 14.4. The third-order valence-electron chi connectivity index (χ3n) is 8.81. The molecular formula is C36H44N6O4S. The van der Waals surface area contributed by atoms with Gasteiger partial charge in [-0.25, -0.2) is 13.4 Å². The fourth-order valence-electron chi connectivity index (χ4n) is 6.18. The molecule has 6 rings (SSSR count). The monoisotopic (exact) mass is 656 g/mol. The second-order valence-corrected chi connectivity index (χ2v) is 13.8. The molecule has 11 heteroatoms. The summed E-state index contributed by atoms with van der Waals surface area (Å²) in [6.07, 6.45) is 1.88. The van der Waals surface area contributed by atoms with Crippen molar-refractivity contribution in [1.82, 2.24) is 24.9 Å². The Hall–Kier alpha value is -4.03. The number of nitrogens with one attached hydrogen (secondary N) is 2. The van der Waals surface area contributed by atoms with Crippen LogP contribution < -0.4 is 10.0 Å². The highest BCUT2D eigenvalue weighted by molar-refractivity contribution is 7.92. The van der Waals surface area contributed by atoms with Crippen LogP contribution in [-0.2, 0) is 40.9 Å². The Balaban J connectivity index is 1.33. The maximum atomic E-state index is 13.7. The Morgan fingerprint density at radius 3 is 2.47 bits per heavy atom. The molecule has 0 bridgehead atoms. The minimum Gasteiger partial charge on any atom is -0.377 e. The van der Waals surface area contributed by atoms with Gasteiger partial charge in [0, 0.05) is 63.4 Å². The van der Waals surface area contributed by atoms with Crippen LogP contribution in [0.1, 0.15) is 54.1 Å². The molecular weight excluding hydrogens is 613 g/mol. The number of piperazine rings is 1. The lowest BCUT2D eigenvalue weighted by atomic mass is 9.97. The van der Waals surface area contributed by atoms with Crippen LogP contribution in [0.25, 0.3) is 22.2 Å². The van der Waals surface area contributed by atoms with E-state index >= 15 is 0 Å². The molecule has 1 aliphatic rings. The van der Waals surface area contributed by atoms with Crippen LogP contribution >= 0.6 is 0 Å². The van der Waals surface area contributed by atoms with Crippen molar-refractivity contribution in [1.29, 1.82) is 0 Å². The maximum Gasteiger partial charge on any atom is 0.263 e. The second-order valence-electron chi connectivity index (χ2n) is 12.2. The van der Waals surface area contributed by atoms with Crippen LogP contribution in [0.2, 0.25) is 0 Å². The van der Waals surface area contributed by atoms with Crippen molar-refractivity contribution in [3.05, 3.63) is 94.5 Å². The van der Waals surface area contributed by atoms with Gasteiger partial charge < -0.3 is 19.1 Å². The van der Waals surface area contributed by atoms with Crippen molar-refractivity contribution >= 4 is 26.9 Å². The summed E-state index contributed by atoms with van der Waals surface area (Å²) in [4.78, 5) is 7.74. The van der Waals surface area contributed by atoms with Crippen molar-refractivity contribution < 1.29 is 17.7 Å². The predicted octanol–water partition coefficient (Wildman–Crippen LogP) is 6.05. The van der Waals surface area contributed by atoms with Gasteiger partial charge in [-0.2, -0.15) is 0 Å². The van der Waals surface area contributed by atoms with Gasteiger partial charge in [0.25, 0.3) is 10.0 Å². The fourth-order valence-corrected chi connectivity index (χ4v) is 7.46. The molecule has 5 aromatic rings. The van der Waals surface area contributed by atoms with Crippen molar-refractivity contribution in [2.75, 3.05) is 37.5 Å². The molecule has 0 unspecified atom stereocenters. The number of imidazole rings is 1. The highest BCUT2D eigenvalue weighted by Gasteiger charge is 2.24. The molecule has 3 aromatic carbocycles. The number of fused-ring (bicyclic) bond motifs is 1. The van der Waals surface area contributed by atoms with Gasteiger partial charge in [0.05, 0.1) is 22.5 Å². The van der Waals surface area contributed by atoms with E-state index in [0.29, 0.717) is 36.6 Å². The topological polar surface area (TPSA) is 115 Å². The van der Waals surface area contributed by atoms with E-state index in [1.165, 1.54) is 5.56 Å². The quantitative estimate of drug-likeness (QED) is 0.157. The molecule has 0 aliphatic carbocycles. The maximum absolute atomic E-state index is 13.7. The molecule has 1 fully saturated rings. The summed E-state index contributed by atoms with van der Waals surface area (Å²) in [6.45, 7) is 14.3. The Morgan fingerprint density at radius 1 is 0.957 bits per heavy atom. The molecule has 47 heavy (non-hydrogen) atoms. The molecule has 0 amide bonds. The third-order valence-corrected chi connectivity index (χ3v) is 10.2. The van der Waals surface area contributed by atoms with Gasteiger partial charge in [0.2, 0.25) is 0 Å². The van der Waals surface area contributed by atoms with Gasteiger partial charge in [0.15, 0.2) is 5.82 Å². The Bertz CT molecular complexity index is 1960. The van der Waals surface area contributed by atoms with E-state index in [-0.39, 0.29) is 10.7 Å². The van der Waals surface area contributed by atoms with Gasteiger partial charge in [-0.1, -0.05) is 54.5 Å². The normalized spacial score (nSPS) is 14.2. The average Bonchev–Trinajstić information content (AvgIpc) is 3.57. The molecule has 0 spiro atoms. The number of hydrogen-bond donors (Lipinski definition) is 2. The molecule has 0 atom stereocenters. The number of hydrogen-bond acceptors (Lipinski definition) is 8. The van der Waals surface area contributed by atoms with Gasteiger partial charge in [-0.05, 0) is 67.6 Å². The van der Waals surface area contributed by atoms with E-state index in [9.17, 15) is 8.42 Å². The number of benzene rings is 3. The van der Waals surface area contributed by atoms with Crippen LogP contribution in [0.3, 0.4) is 0 Å². The lowest BCUT2D eigenvalue weighted by Crippen LogP contribution is -2.42. The minimum absolute atomic E-state index is 0.160. The highest BCUT2D eigenvalue weighted by atomic mass is 32.2. The number of ether oxygens (including phenoxy) is 1. The van der Waals surface area contributed by atoms with E-state index in [0.717, 1.165) is 79.1 Å². The number of anilines is 1. The van der Waals surface area contributed by atoms with E-state index in [1.54, 1.807) is 26.0 Å². The van der Waals surface area contributed by atoms with Crippen molar-refractivity contribution in [3.8, 4) is 11.1 Å². The summed E-state index contributed by atoms with van der Waals surface area (Å²) < 4.78 is 43.4. The van der Waals surface area contributed by atoms with Gasteiger partial charge >= 0.3 is 0 Å². The average molecular weight is 657 g/mol. The molecule has 0 radical (unpaired) electrons. The van der Waals surface area contributed by atoms with E-state index in [4.69, 9.17) is 14.2 Å². The van der Waals surface area contributed by atoms with Crippen molar-refractivity contribution in [2.45, 2.75) is 65.1 Å². The summed E-state index contributed by atoms with van der Waals surface area (Å²) in [5, 5.41) is 7.34. The first kappa shape index (κ1) is 32.9. The van der Waals surface area contributed by atoms with Gasteiger partial charge in [0.1, 0.15) is 11.6 Å². The lowest BCUT2D eigenvalue weighted by Gasteiger charge is -2.27. The molecule has 2 N–H and O–H groups in total. The van der Waals surface area contributed by atoms with Crippen LogP contribution in [0.5, 0.6) is 0 Å². The number of aryl methyl sites for hydroxylation is 2. The Kier molecular flexibility index (Phi) is 10.1. The van der Waals surface area contributed by atoms with Crippen LogP contribution in [0.15, 0.2) is 70.1 Å². The van der Waals surface area contributed by atoms with Gasteiger partial charge in [-0.3, -0.25) is 9.62 Å². The SMILES string of the molecule is CCCc1nc2cc(CN3CCNCC3)ccc2n1Cc1ccc(-c2ccccc2S(=O)(=O)Nc2noc(C)c2C)c(COCC)c1. The van der Waals surface area contributed by atoms with E-state index in [2.05, 4.69) is 61.9 Å². The number of rotatable bonds is 13. The van der Waals surface area contributed by atoms with E-state index in [1.807, 2.05) is 25.1 Å². The predicted molar refractivity (Wildman–Crippen MR) is 185 cm³/mol. The smallest absolute Gasteiger partial charge is 0.263 e. The Labute approximate surface area is 277 Å². The molecule has 10 nitrogen and oxygen atoms in total. The van der Waals surface area contributed by atoms with Gasteiger partial charge in [-0.15, -0.1) is 0 Å². The van der Waals surface area contributed by atoms with Crippen LogP contribution in [0.4, 0.5) is 5.82 Å². The number of aromatic nitrogens is 3. The first-order chi connectivity index (χ1) is 22.8. The summed E-state index contributed by atoms with van der Waals surface area (Å²) in [7, 11) is -3.97. The molecule has 1 saturated heterocycles. The number of nitrogens with zero attached hydrogens (tertiary/aromatic N) is 4. The largest absolute Gasteiger partial charge is 0.377 e. The molecule has 2 aromatic heterocycles. The fraction of sp³-hybridized carbons (Fsp3) is 0.389. The van der Waals surface area contributed by atoms with Crippen LogP contribution in [0, 0.1) is 13.8 Å². The summed E-state index contributed by atoms with van der Waals surface area (Å²) in [6, 6.07) is 19.9. The van der Waals surface area contributed by atoms with E-state index < -0.39 is 10.0 Å². The first-order valence-electron chi connectivity index (χ1n) is 16.4. The van der Waals surface area contributed by atoms with Crippen molar-refractivity contribution in [3.63, 3.8) is 0 Å². The molecule has 248 valence electrons. The third kappa shape index (κ3) is 7.28. The Morgan fingerprint density at radius 2 is 1.72 bits per heavy atom. The molecule has 1 aliphatic heterocycles. The minimum atomic E-state index is -3.97. The summed E-state index contributed by atoms with van der Waals surface area (Å²) >= 11 is 0. The summed E-state index contributed by atoms with van der Waals surface area (Å²) in [5.74, 6) is 1.82. The molecule has 0 saturated carbocycles.